The Balaban J connectivity index is 2.22. The number of fused-ring (bicyclic) bond motifs is 1. The molecule has 0 aliphatic heterocycles. The molecule has 1 heterocycles. The van der Waals surface area contributed by atoms with E-state index in [0.717, 1.165) is 22.5 Å². The molecule has 3 aromatic rings. The second-order valence-corrected chi connectivity index (χ2v) is 5.80. The molecule has 0 spiro atoms. The highest BCUT2D eigenvalue weighted by Gasteiger charge is 2.11. The lowest BCUT2D eigenvalue weighted by Gasteiger charge is -2.10. The molecule has 0 aliphatic carbocycles. The van der Waals surface area contributed by atoms with Crippen LogP contribution < -0.4 is 4.74 Å². The molecule has 4 heteroatoms. The normalized spacial score (nSPS) is 11.2. The van der Waals surface area contributed by atoms with Crippen LogP contribution in [0, 0.1) is 11.7 Å². The smallest absolute Gasteiger partial charge is 0.182 e. The van der Waals surface area contributed by atoms with E-state index in [2.05, 4.69) is 42.2 Å². The number of para-hydroxylation sites is 1. The van der Waals surface area contributed by atoms with Crippen LogP contribution in [0.2, 0.25) is 0 Å². The summed E-state index contributed by atoms with van der Waals surface area (Å²) in [6.45, 7) is 6.11. The average molecular weight is 298 g/mol. The molecule has 0 aliphatic rings. The maximum absolute atomic E-state index is 5.86. The van der Waals surface area contributed by atoms with Gasteiger partial charge in [-0.1, -0.05) is 23.8 Å². The van der Waals surface area contributed by atoms with Crippen LogP contribution in [-0.4, -0.2) is 15.7 Å². The molecule has 3 nitrogen and oxygen atoms in total. The fraction of sp³-hybridized carbons (Fsp3) is 0.235. The lowest BCUT2D eigenvalue weighted by molar-refractivity contribution is 0.245. The van der Waals surface area contributed by atoms with E-state index < -0.39 is 0 Å². The van der Waals surface area contributed by atoms with Gasteiger partial charge < -0.3 is 9.72 Å². The standard InChI is InChI=1S/C17H18N2OS/c1-11(2)20-15-6-4-5-14-16(15)18-17(21)19(14)13-9-7-12(3)8-10-13/h4-11H,1-3H3,(H,18,21). The summed E-state index contributed by atoms with van der Waals surface area (Å²) in [5, 5.41) is 0. The monoisotopic (exact) mass is 298 g/mol. The van der Waals surface area contributed by atoms with Crippen molar-refractivity contribution in [3.05, 3.63) is 52.8 Å². The van der Waals surface area contributed by atoms with Crippen LogP contribution in [-0.2, 0) is 0 Å². The van der Waals surface area contributed by atoms with Crippen molar-refractivity contribution in [1.82, 2.24) is 9.55 Å². The number of aryl methyl sites for hydroxylation is 1. The van der Waals surface area contributed by atoms with Crippen molar-refractivity contribution in [2.24, 2.45) is 0 Å². The van der Waals surface area contributed by atoms with Crippen molar-refractivity contribution >= 4 is 23.3 Å². The minimum atomic E-state index is 0.125. The molecule has 0 saturated heterocycles. The van der Waals surface area contributed by atoms with Crippen LogP contribution >= 0.6 is 12.2 Å². The third kappa shape index (κ3) is 2.59. The average Bonchev–Trinajstić information content (AvgIpc) is 2.77. The second-order valence-electron chi connectivity index (χ2n) is 5.42. The predicted octanol–water partition coefficient (Wildman–Crippen LogP) is 4.78. The Morgan fingerprint density at radius 2 is 1.81 bits per heavy atom. The molecule has 0 saturated carbocycles. The van der Waals surface area contributed by atoms with Gasteiger partial charge in [0.05, 0.1) is 11.6 Å². The maximum Gasteiger partial charge on any atom is 0.182 e. The van der Waals surface area contributed by atoms with E-state index in [1.807, 2.05) is 30.5 Å². The highest BCUT2D eigenvalue weighted by atomic mass is 32.1. The molecule has 0 fully saturated rings. The summed E-state index contributed by atoms with van der Waals surface area (Å²) in [5.74, 6) is 0.833. The van der Waals surface area contributed by atoms with Gasteiger partial charge in [0.1, 0.15) is 11.3 Å². The highest BCUT2D eigenvalue weighted by Crippen LogP contribution is 2.28. The van der Waals surface area contributed by atoms with Gasteiger partial charge in [-0.15, -0.1) is 0 Å². The fourth-order valence-corrected chi connectivity index (χ4v) is 2.71. The molecular weight excluding hydrogens is 280 g/mol. The van der Waals surface area contributed by atoms with Crippen LogP contribution in [0.1, 0.15) is 19.4 Å². The Labute approximate surface area is 129 Å². The Morgan fingerprint density at radius 1 is 1.10 bits per heavy atom. The van der Waals surface area contributed by atoms with Crippen LogP contribution in [0.3, 0.4) is 0 Å². The minimum absolute atomic E-state index is 0.125. The van der Waals surface area contributed by atoms with Crippen molar-refractivity contribution in [2.75, 3.05) is 0 Å². The van der Waals surface area contributed by atoms with E-state index in [1.165, 1.54) is 5.56 Å². The lowest BCUT2D eigenvalue weighted by atomic mass is 10.2. The fourth-order valence-electron chi connectivity index (χ4n) is 2.41. The summed E-state index contributed by atoms with van der Waals surface area (Å²) in [4.78, 5) is 3.27. The second kappa shape index (κ2) is 5.37. The largest absolute Gasteiger partial charge is 0.489 e. The van der Waals surface area contributed by atoms with E-state index in [0.29, 0.717) is 4.77 Å². The zero-order valence-electron chi connectivity index (χ0n) is 12.4. The summed E-state index contributed by atoms with van der Waals surface area (Å²) in [5.41, 5.74) is 4.26. The van der Waals surface area contributed by atoms with Crippen LogP contribution in [0.4, 0.5) is 0 Å². The number of H-pyrrole nitrogens is 1. The van der Waals surface area contributed by atoms with Crippen LogP contribution in [0.5, 0.6) is 5.75 Å². The van der Waals surface area contributed by atoms with Gasteiger partial charge in [0.25, 0.3) is 0 Å². The van der Waals surface area contributed by atoms with Crippen molar-refractivity contribution in [3.63, 3.8) is 0 Å². The molecule has 0 bridgehead atoms. The van der Waals surface area contributed by atoms with Crippen LogP contribution in [0.15, 0.2) is 42.5 Å². The molecule has 1 aromatic heterocycles. The number of nitrogens with one attached hydrogen (secondary N) is 1. The summed E-state index contributed by atoms with van der Waals surface area (Å²) in [6.07, 6.45) is 0.125. The van der Waals surface area contributed by atoms with Gasteiger partial charge in [-0.25, -0.2) is 0 Å². The number of rotatable bonds is 3. The molecular formula is C17H18N2OS. The van der Waals surface area contributed by atoms with E-state index in [4.69, 9.17) is 17.0 Å². The Morgan fingerprint density at radius 3 is 2.48 bits per heavy atom. The molecule has 0 amide bonds. The van der Waals surface area contributed by atoms with Gasteiger partial charge in [-0.3, -0.25) is 4.57 Å². The number of aromatic nitrogens is 2. The highest BCUT2D eigenvalue weighted by molar-refractivity contribution is 7.71. The third-order valence-corrected chi connectivity index (χ3v) is 3.62. The van der Waals surface area contributed by atoms with E-state index in [9.17, 15) is 0 Å². The number of benzene rings is 2. The van der Waals surface area contributed by atoms with Gasteiger partial charge in [-0.2, -0.15) is 0 Å². The quantitative estimate of drug-likeness (QED) is 0.705. The van der Waals surface area contributed by atoms with Crippen LogP contribution in [0.25, 0.3) is 16.7 Å². The molecule has 0 unspecified atom stereocenters. The minimum Gasteiger partial charge on any atom is -0.489 e. The summed E-state index contributed by atoms with van der Waals surface area (Å²) < 4.78 is 8.57. The SMILES string of the molecule is Cc1ccc(-n2c(=S)[nH]c3c(OC(C)C)cccc32)cc1. The molecule has 2 aromatic carbocycles. The Kier molecular flexibility index (Phi) is 3.55. The zero-order valence-corrected chi connectivity index (χ0v) is 13.2. The summed E-state index contributed by atoms with van der Waals surface area (Å²) in [7, 11) is 0. The molecule has 1 N–H and O–H groups in total. The van der Waals surface area contributed by atoms with Crippen molar-refractivity contribution in [1.29, 1.82) is 0 Å². The Bertz CT molecular complexity index is 828. The van der Waals surface area contributed by atoms with Gasteiger partial charge in [-0.05, 0) is 57.3 Å². The number of aromatic amines is 1. The first-order chi connectivity index (χ1) is 10.1. The van der Waals surface area contributed by atoms with Gasteiger partial charge in [0.15, 0.2) is 4.77 Å². The predicted molar refractivity (Wildman–Crippen MR) is 89.0 cm³/mol. The number of ether oxygens (including phenoxy) is 1. The number of hydrogen-bond acceptors (Lipinski definition) is 2. The summed E-state index contributed by atoms with van der Waals surface area (Å²) >= 11 is 5.49. The van der Waals surface area contributed by atoms with Gasteiger partial charge in [0.2, 0.25) is 0 Å². The first-order valence-corrected chi connectivity index (χ1v) is 7.44. The molecule has 0 radical (unpaired) electrons. The van der Waals surface area contributed by atoms with E-state index in [1.54, 1.807) is 0 Å². The lowest BCUT2D eigenvalue weighted by Crippen LogP contribution is -2.05. The van der Waals surface area contributed by atoms with Crippen molar-refractivity contribution in [3.8, 4) is 11.4 Å². The topological polar surface area (TPSA) is 29.9 Å². The molecule has 108 valence electrons. The zero-order chi connectivity index (χ0) is 15.0. The number of nitrogens with zero attached hydrogens (tertiary/aromatic N) is 1. The van der Waals surface area contributed by atoms with Gasteiger partial charge >= 0.3 is 0 Å². The third-order valence-electron chi connectivity index (χ3n) is 3.33. The first kappa shape index (κ1) is 13.9. The number of imidazole rings is 1. The molecule has 3 rings (SSSR count). The van der Waals surface area contributed by atoms with Gasteiger partial charge in [0, 0.05) is 5.69 Å². The van der Waals surface area contributed by atoms with E-state index in [-0.39, 0.29) is 6.10 Å². The summed E-state index contributed by atoms with van der Waals surface area (Å²) in [6, 6.07) is 14.3. The maximum atomic E-state index is 5.86. The molecule has 21 heavy (non-hydrogen) atoms. The number of hydrogen-bond donors (Lipinski definition) is 1. The first-order valence-electron chi connectivity index (χ1n) is 7.03. The molecule has 0 atom stereocenters. The Hall–Kier alpha value is -2.07. The van der Waals surface area contributed by atoms with E-state index >= 15 is 0 Å². The van der Waals surface area contributed by atoms with Crippen molar-refractivity contribution in [2.45, 2.75) is 26.9 Å². The van der Waals surface area contributed by atoms with Crippen molar-refractivity contribution < 1.29 is 4.74 Å².